The fourth-order valence-corrected chi connectivity index (χ4v) is 3.76. The summed E-state index contributed by atoms with van der Waals surface area (Å²) in [5.41, 5.74) is 13.3. The summed E-state index contributed by atoms with van der Waals surface area (Å²) in [6, 6.07) is 10.5. The smallest absolute Gasteiger partial charge is 0.406 e. The standard InChI is InChI=1S/C21H16BrF3N6O3/c22-14-9-12(4-5-15(14)29-16-6-7-28-19(27)18(16)26)31-17(32)10-30(20(31)33)11-2-1-3-13(8-11)34-21(23,24)25/h1-9H,10,26H2,(H3,27,28,29). The molecular weight excluding hydrogens is 521 g/mol. The van der Waals surface area contributed by atoms with E-state index in [4.69, 9.17) is 11.5 Å². The van der Waals surface area contributed by atoms with Crippen LogP contribution in [0.1, 0.15) is 0 Å². The Kier molecular flexibility index (Phi) is 5.96. The number of halogens is 4. The van der Waals surface area contributed by atoms with Gasteiger partial charge in [0.25, 0.3) is 5.91 Å². The molecule has 0 saturated carbocycles. The van der Waals surface area contributed by atoms with E-state index >= 15 is 0 Å². The second kappa shape index (κ2) is 8.74. The first-order chi connectivity index (χ1) is 16.0. The first kappa shape index (κ1) is 23.2. The Morgan fingerprint density at radius 2 is 1.79 bits per heavy atom. The number of hydrogen-bond acceptors (Lipinski definition) is 7. The zero-order chi connectivity index (χ0) is 24.6. The zero-order valence-corrected chi connectivity index (χ0v) is 18.7. The molecule has 0 spiro atoms. The summed E-state index contributed by atoms with van der Waals surface area (Å²) >= 11 is 3.40. The van der Waals surface area contributed by atoms with Crippen molar-refractivity contribution in [1.29, 1.82) is 0 Å². The van der Waals surface area contributed by atoms with E-state index < -0.39 is 24.1 Å². The molecule has 1 aliphatic rings. The van der Waals surface area contributed by atoms with Crippen molar-refractivity contribution in [2.75, 3.05) is 33.1 Å². The molecule has 1 aromatic heterocycles. The van der Waals surface area contributed by atoms with E-state index in [1.54, 1.807) is 18.2 Å². The highest BCUT2D eigenvalue weighted by molar-refractivity contribution is 9.10. The summed E-state index contributed by atoms with van der Waals surface area (Å²) < 4.78 is 42.0. The molecular formula is C21H16BrF3N6O3. The maximum Gasteiger partial charge on any atom is 0.573 e. The van der Waals surface area contributed by atoms with E-state index in [0.29, 0.717) is 15.8 Å². The zero-order valence-electron chi connectivity index (χ0n) is 17.1. The number of aromatic nitrogens is 1. The van der Waals surface area contributed by atoms with Crippen molar-refractivity contribution in [3.63, 3.8) is 0 Å². The van der Waals surface area contributed by atoms with E-state index in [9.17, 15) is 22.8 Å². The van der Waals surface area contributed by atoms with Crippen molar-refractivity contribution in [2.45, 2.75) is 6.36 Å². The van der Waals surface area contributed by atoms with Crippen LogP contribution in [0.3, 0.4) is 0 Å². The first-order valence-corrected chi connectivity index (χ1v) is 10.4. The van der Waals surface area contributed by atoms with Gasteiger partial charge >= 0.3 is 12.4 Å². The molecule has 176 valence electrons. The fraction of sp³-hybridized carbons (Fsp3) is 0.0952. The van der Waals surface area contributed by atoms with E-state index in [0.717, 1.165) is 21.9 Å². The van der Waals surface area contributed by atoms with Gasteiger partial charge < -0.3 is 21.5 Å². The molecule has 0 unspecified atom stereocenters. The molecule has 13 heteroatoms. The van der Waals surface area contributed by atoms with Gasteiger partial charge in [-0.25, -0.2) is 14.7 Å². The number of imide groups is 1. The third-order valence-electron chi connectivity index (χ3n) is 4.83. The van der Waals surface area contributed by atoms with Crippen molar-refractivity contribution in [3.05, 3.63) is 59.2 Å². The molecule has 34 heavy (non-hydrogen) atoms. The molecule has 2 heterocycles. The third kappa shape index (κ3) is 4.69. The highest BCUT2D eigenvalue weighted by Crippen LogP contribution is 2.35. The number of urea groups is 1. The number of benzene rings is 2. The molecule has 0 aliphatic carbocycles. The second-order valence-corrected chi connectivity index (χ2v) is 7.94. The fourth-order valence-electron chi connectivity index (χ4n) is 3.29. The average molecular weight is 537 g/mol. The van der Waals surface area contributed by atoms with Gasteiger partial charge in [-0.15, -0.1) is 13.2 Å². The third-order valence-corrected chi connectivity index (χ3v) is 5.49. The minimum atomic E-state index is -4.88. The number of carbonyl (C=O) groups excluding carboxylic acids is 2. The molecule has 3 amide bonds. The van der Waals surface area contributed by atoms with E-state index in [-0.39, 0.29) is 29.4 Å². The van der Waals surface area contributed by atoms with Gasteiger partial charge in [-0.05, 0) is 52.3 Å². The molecule has 1 fully saturated rings. The normalized spacial score (nSPS) is 14.0. The van der Waals surface area contributed by atoms with E-state index in [1.807, 2.05) is 0 Å². The summed E-state index contributed by atoms with van der Waals surface area (Å²) in [5.74, 6) is -0.889. The molecule has 2 aromatic carbocycles. The average Bonchev–Trinajstić information content (AvgIpc) is 3.05. The maximum atomic E-state index is 13.0. The van der Waals surface area contributed by atoms with Crippen LogP contribution in [0.4, 0.5) is 52.2 Å². The van der Waals surface area contributed by atoms with Crippen LogP contribution in [0, 0.1) is 0 Å². The first-order valence-electron chi connectivity index (χ1n) is 9.60. The number of pyridine rings is 1. The monoisotopic (exact) mass is 536 g/mol. The Hall–Kier alpha value is -4.00. The lowest BCUT2D eigenvalue weighted by molar-refractivity contribution is -0.274. The second-order valence-electron chi connectivity index (χ2n) is 7.09. The van der Waals surface area contributed by atoms with Gasteiger partial charge in [-0.1, -0.05) is 6.07 Å². The predicted molar refractivity (Wildman–Crippen MR) is 124 cm³/mol. The Labute approximate surface area is 199 Å². The van der Waals surface area contributed by atoms with Gasteiger partial charge in [-0.2, -0.15) is 0 Å². The van der Waals surface area contributed by atoms with Crippen LogP contribution in [0.15, 0.2) is 59.2 Å². The number of amides is 3. The summed E-state index contributed by atoms with van der Waals surface area (Å²) in [6.45, 7) is -0.348. The molecule has 5 N–H and O–H groups in total. The topological polar surface area (TPSA) is 127 Å². The molecule has 4 rings (SSSR count). The lowest BCUT2D eigenvalue weighted by atomic mass is 10.2. The van der Waals surface area contributed by atoms with Crippen LogP contribution in [0.5, 0.6) is 5.75 Å². The van der Waals surface area contributed by atoms with Gasteiger partial charge in [0, 0.05) is 22.4 Å². The molecule has 1 saturated heterocycles. The van der Waals surface area contributed by atoms with Crippen LogP contribution in [-0.4, -0.2) is 29.8 Å². The number of nitrogens with zero attached hydrogens (tertiary/aromatic N) is 3. The largest absolute Gasteiger partial charge is 0.573 e. The SMILES string of the molecule is Nc1nccc(Nc2ccc(N3C(=O)CN(c4cccc(OC(F)(F)F)c4)C3=O)cc2Br)c1N. The Morgan fingerprint density at radius 3 is 2.50 bits per heavy atom. The number of carbonyl (C=O) groups is 2. The number of alkyl halides is 3. The van der Waals surface area contributed by atoms with Crippen LogP contribution in [0.25, 0.3) is 0 Å². The summed E-state index contributed by atoms with van der Waals surface area (Å²) in [6.07, 6.45) is -3.40. The Balaban J connectivity index is 1.57. The summed E-state index contributed by atoms with van der Waals surface area (Å²) in [7, 11) is 0. The number of nitrogens with one attached hydrogen (secondary N) is 1. The van der Waals surface area contributed by atoms with Crippen LogP contribution < -0.4 is 31.3 Å². The van der Waals surface area contributed by atoms with Crippen LogP contribution >= 0.6 is 15.9 Å². The molecule has 1 aliphatic heterocycles. The van der Waals surface area contributed by atoms with Crippen molar-refractivity contribution < 1.29 is 27.5 Å². The highest BCUT2D eigenvalue weighted by atomic mass is 79.9. The minimum absolute atomic E-state index is 0.0886. The van der Waals surface area contributed by atoms with Gasteiger partial charge in [0.2, 0.25) is 0 Å². The summed E-state index contributed by atoms with van der Waals surface area (Å²) in [4.78, 5) is 31.5. The Bertz CT molecular complexity index is 1290. The van der Waals surface area contributed by atoms with Crippen molar-refractivity contribution in [3.8, 4) is 5.75 Å². The van der Waals surface area contributed by atoms with Crippen LogP contribution in [-0.2, 0) is 4.79 Å². The number of ether oxygens (including phenoxy) is 1. The quantitative estimate of drug-likeness (QED) is 0.406. The van der Waals surface area contributed by atoms with Crippen molar-refractivity contribution in [1.82, 2.24) is 4.98 Å². The number of nitrogen functional groups attached to an aromatic ring is 2. The van der Waals surface area contributed by atoms with E-state index in [2.05, 4.69) is 31.0 Å². The minimum Gasteiger partial charge on any atom is -0.406 e. The lowest BCUT2D eigenvalue weighted by Gasteiger charge is -2.19. The number of anilines is 6. The Morgan fingerprint density at radius 1 is 1.03 bits per heavy atom. The molecule has 0 radical (unpaired) electrons. The molecule has 3 aromatic rings. The number of hydrogen-bond donors (Lipinski definition) is 3. The maximum absolute atomic E-state index is 13.0. The van der Waals surface area contributed by atoms with E-state index in [1.165, 1.54) is 24.4 Å². The van der Waals surface area contributed by atoms with Gasteiger partial charge in [0.15, 0.2) is 0 Å². The van der Waals surface area contributed by atoms with Crippen LogP contribution in [0.2, 0.25) is 0 Å². The van der Waals surface area contributed by atoms with Gasteiger partial charge in [0.1, 0.15) is 18.1 Å². The van der Waals surface area contributed by atoms with Crippen molar-refractivity contribution >= 4 is 62.1 Å². The lowest BCUT2D eigenvalue weighted by Crippen LogP contribution is -2.33. The number of rotatable bonds is 5. The molecule has 9 nitrogen and oxygen atoms in total. The molecule has 0 atom stereocenters. The van der Waals surface area contributed by atoms with Gasteiger partial charge in [-0.3, -0.25) is 9.69 Å². The number of nitrogens with two attached hydrogens (primary N) is 2. The summed E-state index contributed by atoms with van der Waals surface area (Å²) in [5, 5.41) is 3.08. The highest BCUT2D eigenvalue weighted by Gasteiger charge is 2.39. The predicted octanol–water partition coefficient (Wildman–Crippen LogP) is 4.62. The molecule has 0 bridgehead atoms. The van der Waals surface area contributed by atoms with Crippen molar-refractivity contribution in [2.24, 2.45) is 0 Å². The van der Waals surface area contributed by atoms with Gasteiger partial charge in [0.05, 0.1) is 22.7 Å².